The molecule has 26 heavy (non-hydrogen) atoms. The van der Waals surface area contributed by atoms with Gasteiger partial charge in [-0.25, -0.2) is 4.39 Å². The average molecular weight is 357 g/mol. The number of halogens is 1. The summed E-state index contributed by atoms with van der Waals surface area (Å²) in [7, 11) is 0. The molecule has 0 aromatic heterocycles. The Labute approximate surface area is 153 Å². The number of ether oxygens (including phenoxy) is 2. The lowest BCUT2D eigenvalue weighted by atomic mass is 10.1. The molecule has 0 saturated heterocycles. The zero-order chi connectivity index (χ0) is 18.5. The Morgan fingerprint density at radius 3 is 2.81 bits per heavy atom. The molecule has 4 nitrogen and oxygen atoms in total. The molecule has 0 spiro atoms. The summed E-state index contributed by atoms with van der Waals surface area (Å²) in [6.45, 7) is 4.94. The van der Waals surface area contributed by atoms with Crippen LogP contribution in [-0.2, 0) is 24.2 Å². The van der Waals surface area contributed by atoms with Gasteiger partial charge in [0.2, 0.25) is 5.91 Å². The van der Waals surface area contributed by atoms with Crippen LogP contribution in [0.25, 0.3) is 0 Å². The highest BCUT2D eigenvalue weighted by molar-refractivity contribution is 5.76. The lowest BCUT2D eigenvalue weighted by molar-refractivity contribution is -0.121. The Bertz CT molecular complexity index is 774. The van der Waals surface area contributed by atoms with E-state index in [1.54, 1.807) is 12.1 Å². The van der Waals surface area contributed by atoms with Crippen LogP contribution in [0.1, 0.15) is 37.0 Å². The maximum absolute atomic E-state index is 12.9. The van der Waals surface area contributed by atoms with Crippen LogP contribution in [0.5, 0.6) is 11.5 Å². The highest BCUT2D eigenvalue weighted by Gasteiger charge is 2.22. The van der Waals surface area contributed by atoms with Crippen molar-refractivity contribution in [3.8, 4) is 11.5 Å². The summed E-state index contributed by atoms with van der Waals surface area (Å²) in [5, 5.41) is 2.93. The lowest BCUT2D eigenvalue weighted by Crippen LogP contribution is -2.23. The number of hydrogen-bond acceptors (Lipinski definition) is 3. The Balaban J connectivity index is 1.58. The average Bonchev–Trinajstić information content (AvgIpc) is 2.98. The minimum atomic E-state index is -0.269. The second-order valence-corrected chi connectivity index (χ2v) is 6.54. The number of nitrogens with one attached hydrogen (secondary N) is 1. The van der Waals surface area contributed by atoms with Crippen molar-refractivity contribution in [3.05, 3.63) is 58.9 Å². The fourth-order valence-corrected chi connectivity index (χ4v) is 3.10. The number of amides is 1. The summed E-state index contributed by atoms with van der Waals surface area (Å²) in [6, 6.07) is 10.2. The van der Waals surface area contributed by atoms with Crippen LogP contribution in [0.15, 0.2) is 36.4 Å². The molecule has 1 heterocycles. The minimum absolute atomic E-state index is 0.0495. The van der Waals surface area contributed by atoms with E-state index in [9.17, 15) is 9.18 Å². The first-order chi connectivity index (χ1) is 12.5. The topological polar surface area (TPSA) is 47.6 Å². The Morgan fingerprint density at radius 1 is 1.31 bits per heavy atom. The highest BCUT2D eigenvalue weighted by Crippen LogP contribution is 2.35. The van der Waals surface area contributed by atoms with Crippen LogP contribution in [0, 0.1) is 5.82 Å². The zero-order valence-corrected chi connectivity index (χ0v) is 15.2. The molecule has 1 amide bonds. The van der Waals surface area contributed by atoms with E-state index >= 15 is 0 Å². The molecule has 3 rings (SSSR count). The predicted molar refractivity (Wildman–Crippen MR) is 98.0 cm³/mol. The van der Waals surface area contributed by atoms with Gasteiger partial charge in [-0.15, -0.1) is 0 Å². The van der Waals surface area contributed by atoms with Crippen molar-refractivity contribution in [2.75, 3.05) is 6.61 Å². The monoisotopic (exact) mass is 357 g/mol. The molecule has 2 aromatic carbocycles. The van der Waals surface area contributed by atoms with Gasteiger partial charge in [0.15, 0.2) is 0 Å². The molecule has 1 atom stereocenters. The summed E-state index contributed by atoms with van der Waals surface area (Å²) in [6.07, 6.45) is 1.98. The Hall–Kier alpha value is -2.56. The van der Waals surface area contributed by atoms with Crippen molar-refractivity contribution in [1.29, 1.82) is 0 Å². The van der Waals surface area contributed by atoms with E-state index in [1.807, 2.05) is 26.0 Å². The van der Waals surface area contributed by atoms with Crippen LogP contribution in [0.2, 0.25) is 0 Å². The number of fused-ring (bicyclic) bond motifs is 1. The second-order valence-electron chi connectivity index (χ2n) is 6.54. The standard InChI is InChI=1S/C21H24FNO3/c1-3-25-19-11-16-10-14(2)26-20(16)12-17(19)13-23-21(24)9-6-15-4-7-18(22)8-5-15/h4-5,7-8,11-12,14H,3,6,9-10,13H2,1-2H3,(H,23,24). The van der Waals surface area contributed by atoms with Gasteiger partial charge in [0.25, 0.3) is 0 Å². The molecule has 0 aliphatic carbocycles. The largest absolute Gasteiger partial charge is 0.494 e. The molecule has 1 N–H and O–H groups in total. The molecule has 0 radical (unpaired) electrons. The van der Waals surface area contributed by atoms with Crippen LogP contribution in [0.3, 0.4) is 0 Å². The highest BCUT2D eigenvalue weighted by atomic mass is 19.1. The number of benzene rings is 2. The van der Waals surface area contributed by atoms with Gasteiger partial charge in [0.05, 0.1) is 6.61 Å². The van der Waals surface area contributed by atoms with Gasteiger partial charge >= 0.3 is 0 Å². The molecule has 0 bridgehead atoms. The van der Waals surface area contributed by atoms with Crippen molar-refractivity contribution < 1.29 is 18.7 Å². The zero-order valence-electron chi connectivity index (χ0n) is 15.2. The van der Waals surface area contributed by atoms with Gasteiger partial charge in [-0.2, -0.15) is 0 Å². The first-order valence-electron chi connectivity index (χ1n) is 9.01. The predicted octanol–water partition coefficient (Wildman–Crippen LogP) is 3.80. The quantitative estimate of drug-likeness (QED) is 0.820. The van der Waals surface area contributed by atoms with Crippen LogP contribution >= 0.6 is 0 Å². The fourth-order valence-electron chi connectivity index (χ4n) is 3.10. The number of rotatable bonds is 7. The van der Waals surface area contributed by atoms with E-state index < -0.39 is 0 Å². The molecule has 1 unspecified atom stereocenters. The minimum Gasteiger partial charge on any atom is -0.494 e. The summed E-state index contributed by atoms with van der Waals surface area (Å²) in [5.41, 5.74) is 3.00. The van der Waals surface area contributed by atoms with Crippen molar-refractivity contribution in [2.24, 2.45) is 0 Å². The van der Waals surface area contributed by atoms with Crippen LogP contribution in [-0.4, -0.2) is 18.6 Å². The van der Waals surface area contributed by atoms with Gasteiger partial charge in [-0.1, -0.05) is 12.1 Å². The first kappa shape index (κ1) is 18.2. The van der Waals surface area contributed by atoms with E-state index in [4.69, 9.17) is 9.47 Å². The normalized spacial score (nSPS) is 15.3. The van der Waals surface area contributed by atoms with Gasteiger partial charge in [-0.05, 0) is 50.1 Å². The van der Waals surface area contributed by atoms with Gasteiger partial charge < -0.3 is 14.8 Å². The molecular weight excluding hydrogens is 333 g/mol. The van der Waals surface area contributed by atoms with E-state index in [0.29, 0.717) is 26.0 Å². The smallest absolute Gasteiger partial charge is 0.220 e. The van der Waals surface area contributed by atoms with Crippen molar-refractivity contribution in [2.45, 2.75) is 45.8 Å². The molecule has 0 fully saturated rings. The lowest BCUT2D eigenvalue weighted by Gasteiger charge is -2.13. The first-order valence-corrected chi connectivity index (χ1v) is 9.01. The maximum Gasteiger partial charge on any atom is 0.220 e. The fraction of sp³-hybridized carbons (Fsp3) is 0.381. The molecule has 2 aromatic rings. The Kier molecular flexibility index (Phi) is 5.76. The maximum atomic E-state index is 12.9. The SMILES string of the molecule is CCOc1cc2c(cc1CNC(=O)CCc1ccc(F)cc1)OC(C)C2. The second kappa shape index (κ2) is 8.21. The van der Waals surface area contributed by atoms with E-state index in [-0.39, 0.29) is 17.8 Å². The summed E-state index contributed by atoms with van der Waals surface area (Å²) >= 11 is 0. The van der Waals surface area contributed by atoms with Crippen LogP contribution < -0.4 is 14.8 Å². The van der Waals surface area contributed by atoms with E-state index in [2.05, 4.69) is 5.32 Å². The Morgan fingerprint density at radius 2 is 2.08 bits per heavy atom. The third kappa shape index (κ3) is 4.54. The van der Waals surface area contributed by atoms with Crippen molar-refractivity contribution >= 4 is 5.91 Å². The van der Waals surface area contributed by atoms with E-state index in [1.165, 1.54) is 12.1 Å². The molecule has 0 saturated carbocycles. The van der Waals surface area contributed by atoms with Gasteiger partial charge in [0.1, 0.15) is 23.4 Å². The van der Waals surface area contributed by atoms with Crippen molar-refractivity contribution in [1.82, 2.24) is 5.32 Å². The molecule has 1 aliphatic rings. The number of carbonyl (C=O) groups excluding carboxylic acids is 1. The molecule has 138 valence electrons. The van der Waals surface area contributed by atoms with Gasteiger partial charge in [0, 0.05) is 30.5 Å². The van der Waals surface area contributed by atoms with Crippen LogP contribution in [0.4, 0.5) is 4.39 Å². The summed E-state index contributed by atoms with van der Waals surface area (Å²) in [5.74, 6) is 1.35. The van der Waals surface area contributed by atoms with E-state index in [0.717, 1.165) is 34.6 Å². The number of carbonyl (C=O) groups is 1. The molecule has 5 heteroatoms. The summed E-state index contributed by atoms with van der Waals surface area (Å²) < 4.78 is 24.4. The van der Waals surface area contributed by atoms with Crippen molar-refractivity contribution in [3.63, 3.8) is 0 Å². The van der Waals surface area contributed by atoms with Gasteiger partial charge in [-0.3, -0.25) is 4.79 Å². The molecular formula is C21H24FNO3. The third-order valence-electron chi connectivity index (χ3n) is 4.41. The number of hydrogen-bond donors (Lipinski definition) is 1. The molecule has 1 aliphatic heterocycles. The number of aryl methyl sites for hydroxylation is 1. The third-order valence-corrected chi connectivity index (χ3v) is 4.41. The summed E-state index contributed by atoms with van der Waals surface area (Å²) in [4.78, 5) is 12.2.